The number of benzene rings is 1. The molecule has 0 spiro atoms. The molecule has 17 heavy (non-hydrogen) atoms. The molecule has 0 unspecified atom stereocenters. The van der Waals surface area contributed by atoms with Gasteiger partial charge in [-0.05, 0) is 52.4 Å². The van der Waals surface area contributed by atoms with Crippen LogP contribution in [0.1, 0.15) is 24.3 Å². The molecule has 2 N–H and O–H groups in total. The molecule has 0 radical (unpaired) electrons. The molecule has 0 aromatic heterocycles. The summed E-state index contributed by atoms with van der Waals surface area (Å²) in [7, 11) is 0. The summed E-state index contributed by atoms with van der Waals surface area (Å²) in [5.74, 6) is 0.527. The van der Waals surface area contributed by atoms with E-state index in [1.807, 2.05) is 6.07 Å². The maximum absolute atomic E-state index is 12.1. The third-order valence-electron chi connectivity index (χ3n) is 2.55. The van der Waals surface area contributed by atoms with Crippen molar-refractivity contribution >= 4 is 21.6 Å². The number of halogens is 4. The number of nitrogen functional groups attached to an aromatic ring is 1. The van der Waals surface area contributed by atoms with Crippen LogP contribution in [0.15, 0.2) is 16.6 Å². The van der Waals surface area contributed by atoms with Gasteiger partial charge >= 0.3 is 6.18 Å². The molecule has 0 aliphatic heterocycles. The van der Waals surface area contributed by atoms with Crippen LogP contribution in [0.25, 0.3) is 0 Å². The fourth-order valence-corrected chi connectivity index (χ4v) is 2.00. The van der Waals surface area contributed by atoms with Crippen molar-refractivity contribution in [2.24, 2.45) is 0 Å². The topological polar surface area (TPSA) is 35.2 Å². The Balaban J connectivity index is 2.19. The van der Waals surface area contributed by atoms with Gasteiger partial charge < -0.3 is 10.5 Å². The predicted molar refractivity (Wildman–Crippen MR) is 62.1 cm³/mol. The number of alkyl halides is 3. The molecule has 1 saturated carbocycles. The van der Waals surface area contributed by atoms with Crippen LogP contribution in [0.4, 0.5) is 18.9 Å². The van der Waals surface area contributed by atoms with E-state index in [0.717, 1.165) is 18.4 Å². The second-order valence-electron chi connectivity index (χ2n) is 4.09. The minimum absolute atomic E-state index is 0.0959. The van der Waals surface area contributed by atoms with Crippen LogP contribution >= 0.6 is 15.9 Å². The maximum atomic E-state index is 12.1. The van der Waals surface area contributed by atoms with Crippen molar-refractivity contribution in [2.75, 3.05) is 12.3 Å². The highest BCUT2D eigenvalue weighted by Gasteiger charge is 2.30. The highest BCUT2D eigenvalue weighted by Crippen LogP contribution is 2.44. The first-order chi connectivity index (χ1) is 7.87. The SMILES string of the molecule is Nc1c(Br)cc(C2CC2)cc1OCC(F)(F)F. The number of hydrogen-bond acceptors (Lipinski definition) is 2. The van der Waals surface area contributed by atoms with Crippen LogP contribution in [0.3, 0.4) is 0 Å². The molecule has 0 saturated heterocycles. The summed E-state index contributed by atoms with van der Waals surface area (Å²) in [6, 6.07) is 3.44. The number of hydrogen-bond donors (Lipinski definition) is 1. The summed E-state index contributed by atoms with van der Waals surface area (Å²) < 4.78 is 41.5. The monoisotopic (exact) mass is 309 g/mol. The van der Waals surface area contributed by atoms with Gasteiger partial charge in [0.2, 0.25) is 0 Å². The Labute approximate surface area is 105 Å². The van der Waals surface area contributed by atoms with E-state index in [9.17, 15) is 13.2 Å². The molecule has 1 aliphatic carbocycles. The fraction of sp³-hybridized carbons (Fsp3) is 0.455. The van der Waals surface area contributed by atoms with Crippen molar-refractivity contribution in [3.05, 3.63) is 22.2 Å². The molecule has 1 aliphatic rings. The average Bonchev–Trinajstić information content (AvgIpc) is 3.02. The highest BCUT2D eigenvalue weighted by atomic mass is 79.9. The van der Waals surface area contributed by atoms with Crippen LogP contribution in [0, 0.1) is 0 Å². The first-order valence-corrected chi connectivity index (χ1v) is 5.94. The molecule has 2 rings (SSSR count). The second-order valence-corrected chi connectivity index (χ2v) is 4.95. The summed E-state index contributed by atoms with van der Waals surface area (Å²) in [5.41, 5.74) is 6.84. The van der Waals surface area contributed by atoms with Crippen LogP contribution in [-0.2, 0) is 0 Å². The standard InChI is InChI=1S/C11H11BrF3NO/c12-8-3-7(6-1-2-6)4-9(10(8)16)17-5-11(13,14)15/h3-4,6H,1-2,5,16H2. The van der Waals surface area contributed by atoms with Crippen LogP contribution in [0.5, 0.6) is 5.75 Å². The zero-order chi connectivity index (χ0) is 12.6. The quantitative estimate of drug-likeness (QED) is 0.861. The van der Waals surface area contributed by atoms with Gasteiger partial charge in [-0.25, -0.2) is 0 Å². The lowest BCUT2D eigenvalue weighted by Gasteiger charge is -2.13. The Morgan fingerprint density at radius 3 is 2.53 bits per heavy atom. The summed E-state index contributed by atoms with van der Waals surface area (Å²) in [6.07, 6.45) is -2.22. The predicted octanol–water partition coefficient (Wildman–Crippen LogP) is 3.85. The molecule has 1 aromatic carbocycles. The van der Waals surface area contributed by atoms with Crippen molar-refractivity contribution in [2.45, 2.75) is 24.9 Å². The van der Waals surface area contributed by atoms with Crippen LogP contribution < -0.4 is 10.5 Å². The van der Waals surface area contributed by atoms with Gasteiger partial charge in [0.05, 0.1) is 5.69 Å². The molecule has 94 valence electrons. The average molecular weight is 310 g/mol. The van der Waals surface area contributed by atoms with Crippen molar-refractivity contribution in [1.29, 1.82) is 0 Å². The molecule has 0 atom stereocenters. The summed E-state index contributed by atoms with van der Waals surface area (Å²) in [6.45, 7) is -1.32. The van der Waals surface area contributed by atoms with Gasteiger partial charge in [0.25, 0.3) is 0 Å². The normalized spacial score (nSPS) is 16.0. The van der Waals surface area contributed by atoms with Gasteiger partial charge in [-0.2, -0.15) is 13.2 Å². The van der Waals surface area contributed by atoms with Crippen LogP contribution in [-0.4, -0.2) is 12.8 Å². The Morgan fingerprint density at radius 1 is 1.35 bits per heavy atom. The zero-order valence-electron chi connectivity index (χ0n) is 8.85. The summed E-state index contributed by atoms with van der Waals surface area (Å²) in [5, 5.41) is 0. The maximum Gasteiger partial charge on any atom is 0.422 e. The lowest BCUT2D eigenvalue weighted by Crippen LogP contribution is -2.19. The Kier molecular flexibility index (Phi) is 3.25. The molecule has 0 amide bonds. The molecule has 6 heteroatoms. The number of nitrogens with two attached hydrogens (primary N) is 1. The van der Waals surface area contributed by atoms with E-state index in [0.29, 0.717) is 10.4 Å². The van der Waals surface area contributed by atoms with E-state index in [2.05, 4.69) is 15.9 Å². The third-order valence-corrected chi connectivity index (χ3v) is 3.21. The van der Waals surface area contributed by atoms with Gasteiger partial charge in [-0.3, -0.25) is 0 Å². The van der Waals surface area contributed by atoms with Gasteiger partial charge in [0, 0.05) is 4.47 Å². The van der Waals surface area contributed by atoms with Crippen molar-refractivity contribution in [1.82, 2.24) is 0 Å². The largest absolute Gasteiger partial charge is 0.482 e. The number of ether oxygens (including phenoxy) is 1. The van der Waals surface area contributed by atoms with Gasteiger partial charge in [-0.15, -0.1) is 0 Å². The van der Waals surface area contributed by atoms with Gasteiger partial charge in [-0.1, -0.05) is 0 Å². The first kappa shape index (κ1) is 12.5. The van der Waals surface area contributed by atoms with E-state index in [1.165, 1.54) is 0 Å². The molecule has 2 nitrogen and oxygen atoms in total. The molecular weight excluding hydrogens is 299 g/mol. The van der Waals surface area contributed by atoms with Gasteiger partial charge in [0.15, 0.2) is 6.61 Å². The molecule has 1 aromatic rings. The summed E-state index contributed by atoms with van der Waals surface area (Å²) in [4.78, 5) is 0. The van der Waals surface area contributed by atoms with E-state index in [4.69, 9.17) is 10.5 Å². The zero-order valence-corrected chi connectivity index (χ0v) is 10.4. The molecule has 0 heterocycles. The van der Waals surface area contributed by atoms with Gasteiger partial charge in [0.1, 0.15) is 5.75 Å². The third kappa shape index (κ3) is 3.28. The van der Waals surface area contributed by atoms with Crippen LogP contribution in [0.2, 0.25) is 0 Å². The van der Waals surface area contributed by atoms with E-state index in [-0.39, 0.29) is 11.4 Å². The van der Waals surface area contributed by atoms with Crippen molar-refractivity contribution in [3.63, 3.8) is 0 Å². The Bertz CT molecular complexity index is 429. The highest BCUT2D eigenvalue weighted by molar-refractivity contribution is 9.10. The number of anilines is 1. The minimum Gasteiger partial charge on any atom is -0.482 e. The van der Waals surface area contributed by atoms with E-state index < -0.39 is 12.8 Å². The minimum atomic E-state index is -4.35. The van der Waals surface area contributed by atoms with Crippen molar-refractivity contribution in [3.8, 4) is 5.75 Å². The molecular formula is C11H11BrF3NO. The van der Waals surface area contributed by atoms with E-state index >= 15 is 0 Å². The summed E-state index contributed by atoms with van der Waals surface area (Å²) >= 11 is 3.23. The fourth-order valence-electron chi connectivity index (χ4n) is 1.54. The second kappa shape index (κ2) is 4.40. The molecule has 0 bridgehead atoms. The van der Waals surface area contributed by atoms with Crippen molar-refractivity contribution < 1.29 is 17.9 Å². The lowest BCUT2D eigenvalue weighted by molar-refractivity contribution is -0.153. The first-order valence-electron chi connectivity index (χ1n) is 5.15. The molecule has 1 fully saturated rings. The number of rotatable bonds is 3. The Hall–Kier alpha value is -0.910. The van der Waals surface area contributed by atoms with E-state index in [1.54, 1.807) is 6.07 Å². The Morgan fingerprint density at radius 2 is 2.00 bits per heavy atom. The lowest BCUT2D eigenvalue weighted by atomic mass is 10.1. The smallest absolute Gasteiger partial charge is 0.422 e.